The van der Waals surface area contributed by atoms with Gasteiger partial charge in [0, 0.05) is 19.3 Å². The van der Waals surface area contributed by atoms with Crippen LogP contribution in [0.4, 0.5) is 5.82 Å². The lowest BCUT2D eigenvalue weighted by Crippen LogP contribution is -2.33. The van der Waals surface area contributed by atoms with Crippen LogP contribution in [0.3, 0.4) is 0 Å². The van der Waals surface area contributed by atoms with E-state index in [2.05, 4.69) is 15.2 Å². The molecular formula is C12H20ClN3. The van der Waals surface area contributed by atoms with Gasteiger partial charge >= 0.3 is 0 Å². The van der Waals surface area contributed by atoms with Crippen LogP contribution in [0.25, 0.3) is 0 Å². The zero-order chi connectivity index (χ0) is 10.3. The first-order valence-corrected chi connectivity index (χ1v) is 5.82. The maximum Gasteiger partial charge on any atom is 0.125 e. The van der Waals surface area contributed by atoms with Crippen LogP contribution in [0.15, 0.2) is 24.4 Å². The number of nitrogens with zero attached hydrogens (tertiary/aromatic N) is 2. The van der Waals surface area contributed by atoms with Gasteiger partial charge in [-0.05, 0) is 38.1 Å². The minimum atomic E-state index is 0. The molecule has 0 spiro atoms. The second-order valence-corrected chi connectivity index (χ2v) is 4.04. The van der Waals surface area contributed by atoms with Gasteiger partial charge in [0.15, 0.2) is 0 Å². The van der Waals surface area contributed by atoms with E-state index in [1.54, 1.807) is 0 Å². The lowest BCUT2D eigenvalue weighted by molar-refractivity contribution is 0.237. The molecule has 0 atom stereocenters. The fourth-order valence-corrected chi connectivity index (χ4v) is 1.99. The van der Waals surface area contributed by atoms with Crippen molar-refractivity contribution in [1.29, 1.82) is 0 Å². The molecule has 0 aliphatic carbocycles. The van der Waals surface area contributed by atoms with Crippen molar-refractivity contribution in [2.24, 2.45) is 0 Å². The van der Waals surface area contributed by atoms with Crippen LogP contribution in [0.1, 0.15) is 19.3 Å². The molecule has 0 bridgehead atoms. The highest BCUT2D eigenvalue weighted by atomic mass is 35.5. The first kappa shape index (κ1) is 13.3. The maximum absolute atomic E-state index is 4.23. The van der Waals surface area contributed by atoms with Crippen LogP contribution in [0.2, 0.25) is 0 Å². The number of hydrogen-bond donors (Lipinski definition) is 1. The molecule has 1 N–H and O–H groups in total. The quantitative estimate of drug-likeness (QED) is 0.878. The van der Waals surface area contributed by atoms with E-state index >= 15 is 0 Å². The highest BCUT2D eigenvalue weighted by Gasteiger charge is 2.08. The third-order valence-electron chi connectivity index (χ3n) is 2.85. The van der Waals surface area contributed by atoms with E-state index in [1.807, 2.05) is 24.4 Å². The van der Waals surface area contributed by atoms with Gasteiger partial charge in [0.2, 0.25) is 0 Å². The monoisotopic (exact) mass is 241 g/mol. The highest BCUT2D eigenvalue weighted by Crippen LogP contribution is 2.08. The molecule has 1 saturated heterocycles. The summed E-state index contributed by atoms with van der Waals surface area (Å²) in [5.74, 6) is 0.981. The molecule has 0 saturated carbocycles. The fraction of sp³-hybridized carbons (Fsp3) is 0.583. The van der Waals surface area contributed by atoms with Crippen molar-refractivity contribution in [2.45, 2.75) is 19.3 Å². The summed E-state index contributed by atoms with van der Waals surface area (Å²) in [7, 11) is 0. The van der Waals surface area contributed by atoms with Crippen molar-refractivity contribution in [1.82, 2.24) is 9.88 Å². The predicted octanol–water partition coefficient (Wildman–Crippen LogP) is 2.40. The Morgan fingerprint density at radius 2 is 2.00 bits per heavy atom. The second kappa shape index (κ2) is 7.47. The van der Waals surface area contributed by atoms with Gasteiger partial charge in [-0.1, -0.05) is 12.5 Å². The molecule has 1 aromatic heterocycles. The Labute approximate surface area is 104 Å². The van der Waals surface area contributed by atoms with Crippen molar-refractivity contribution in [2.75, 3.05) is 31.5 Å². The summed E-state index contributed by atoms with van der Waals surface area (Å²) in [5.41, 5.74) is 0. The lowest BCUT2D eigenvalue weighted by atomic mass is 10.1. The number of piperidine rings is 1. The van der Waals surface area contributed by atoms with Crippen molar-refractivity contribution >= 4 is 18.2 Å². The van der Waals surface area contributed by atoms with E-state index in [-0.39, 0.29) is 12.4 Å². The van der Waals surface area contributed by atoms with Gasteiger partial charge in [-0.25, -0.2) is 4.98 Å². The van der Waals surface area contributed by atoms with E-state index in [9.17, 15) is 0 Å². The molecule has 1 aliphatic heterocycles. The number of hydrogen-bond acceptors (Lipinski definition) is 3. The van der Waals surface area contributed by atoms with E-state index in [1.165, 1.54) is 32.4 Å². The molecule has 3 nitrogen and oxygen atoms in total. The minimum Gasteiger partial charge on any atom is -0.369 e. The van der Waals surface area contributed by atoms with Crippen molar-refractivity contribution < 1.29 is 0 Å². The molecule has 0 aromatic carbocycles. The molecule has 1 fully saturated rings. The van der Waals surface area contributed by atoms with E-state index in [0.717, 1.165) is 18.9 Å². The highest BCUT2D eigenvalue weighted by molar-refractivity contribution is 5.85. The van der Waals surface area contributed by atoms with E-state index < -0.39 is 0 Å². The van der Waals surface area contributed by atoms with Crippen LogP contribution in [0.5, 0.6) is 0 Å². The van der Waals surface area contributed by atoms with Gasteiger partial charge in [0.05, 0.1) is 0 Å². The Morgan fingerprint density at radius 1 is 1.19 bits per heavy atom. The van der Waals surface area contributed by atoms with Crippen LogP contribution >= 0.6 is 12.4 Å². The minimum absolute atomic E-state index is 0. The molecule has 2 heterocycles. The number of aromatic nitrogens is 1. The molecule has 0 radical (unpaired) electrons. The van der Waals surface area contributed by atoms with Crippen molar-refractivity contribution in [3.05, 3.63) is 24.4 Å². The molecule has 2 rings (SSSR count). The van der Waals surface area contributed by atoms with Crippen LogP contribution in [-0.2, 0) is 0 Å². The summed E-state index contributed by atoms with van der Waals surface area (Å²) in [6.07, 6.45) is 5.96. The van der Waals surface area contributed by atoms with Gasteiger partial charge in [0.25, 0.3) is 0 Å². The average Bonchev–Trinajstić information content (AvgIpc) is 2.32. The topological polar surface area (TPSA) is 28.2 Å². The SMILES string of the molecule is Cl.c1ccc(NCCN2CCCCC2)nc1. The number of anilines is 1. The lowest BCUT2D eigenvalue weighted by Gasteiger charge is -2.26. The molecule has 0 unspecified atom stereocenters. The average molecular weight is 242 g/mol. The molecule has 16 heavy (non-hydrogen) atoms. The first-order chi connectivity index (χ1) is 7.45. The Hall–Kier alpha value is -0.800. The van der Waals surface area contributed by atoms with Gasteiger partial charge in [-0.3, -0.25) is 0 Å². The number of rotatable bonds is 4. The second-order valence-electron chi connectivity index (χ2n) is 4.04. The number of likely N-dealkylation sites (tertiary alicyclic amines) is 1. The van der Waals surface area contributed by atoms with Crippen LogP contribution in [-0.4, -0.2) is 36.1 Å². The van der Waals surface area contributed by atoms with Crippen LogP contribution < -0.4 is 5.32 Å². The number of halogens is 1. The Morgan fingerprint density at radius 3 is 2.69 bits per heavy atom. The predicted molar refractivity (Wildman–Crippen MR) is 70.3 cm³/mol. The van der Waals surface area contributed by atoms with Gasteiger partial charge in [0.1, 0.15) is 5.82 Å². The molecule has 1 aliphatic rings. The third-order valence-corrected chi connectivity index (χ3v) is 2.85. The van der Waals surface area contributed by atoms with E-state index in [4.69, 9.17) is 0 Å². The zero-order valence-electron chi connectivity index (χ0n) is 9.56. The fourth-order valence-electron chi connectivity index (χ4n) is 1.99. The molecular weight excluding hydrogens is 222 g/mol. The number of pyridine rings is 1. The largest absolute Gasteiger partial charge is 0.369 e. The molecule has 0 amide bonds. The Bertz CT molecular complexity index is 273. The Kier molecular flexibility index (Phi) is 6.19. The van der Waals surface area contributed by atoms with Crippen LogP contribution in [0, 0.1) is 0 Å². The van der Waals surface area contributed by atoms with Gasteiger partial charge in [-0.15, -0.1) is 12.4 Å². The summed E-state index contributed by atoms with van der Waals surface area (Å²) < 4.78 is 0. The normalized spacial score (nSPS) is 16.5. The standard InChI is InChI=1S/C12H19N3.ClH/c1-4-9-15(10-5-1)11-8-14-12-6-2-3-7-13-12;/h2-3,6-7H,1,4-5,8-11H2,(H,13,14);1H. The number of nitrogens with one attached hydrogen (secondary N) is 1. The first-order valence-electron chi connectivity index (χ1n) is 5.82. The summed E-state index contributed by atoms with van der Waals surface area (Å²) in [4.78, 5) is 6.76. The molecule has 1 aromatic rings. The summed E-state index contributed by atoms with van der Waals surface area (Å²) in [6.45, 7) is 4.67. The molecule has 4 heteroatoms. The summed E-state index contributed by atoms with van der Waals surface area (Å²) in [6, 6.07) is 5.96. The summed E-state index contributed by atoms with van der Waals surface area (Å²) in [5, 5.41) is 3.34. The maximum atomic E-state index is 4.23. The van der Waals surface area contributed by atoms with Gasteiger partial charge in [-0.2, -0.15) is 0 Å². The van der Waals surface area contributed by atoms with Gasteiger partial charge < -0.3 is 10.2 Å². The Balaban J connectivity index is 0.00000128. The zero-order valence-corrected chi connectivity index (χ0v) is 10.4. The third kappa shape index (κ3) is 4.37. The van der Waals surface area contributed by atoms with E-state index in [0.29, 0.717) is 0 Å². The summed E-state index contributed by atoms with van der Waals surface area (Å²) >= 11 is 0. The van der Waals surface area contributed by atoms with Crippen molar-refractivity contribution in [3.63, 3.8) is 0 Å². The van der Waals surface area contributed by atoms with Crippen molar-refractivity contribution in [3.8, 4) is 0 Å². The molecule has 90 valence electrons. The smallest absolute Gasteiger partial charge is 0.125 e.